The molecule has 0 bridgehead atoms. The zero-order valence-corrected chi connectivity index (χ0v) is 15.1. The second-order valence-corrected chi connectivity index (χ2v) is 6.29. The van der Waals surface area contributed by atoms with Gasteiger partial charge in [-0.1, -0.05) is 29.8 Å². The number of benzene rings is 2. The van der Waals surface area contributed by atoms with Crippen LogP contribution in [0.1, 0.15) is 18.4 Å². The number of methoxy groups -OCH3 is 1. The summed E-state index contributed by atoms with van der Waals surface area (Å²) < 4.78 is 5.35. The van der Waals surface area contributed by atoms with Crippen LogP contribution in [-0.4, -0.2) is 25.5 Å². The van der Waals surface area contributed by atoms with E-state index in [-0.39, 0.29) is 11.8 Å². The Labute approximate surface area is 157 Å². The van der Waals surface area contributed by atoms with Crippen LogP contribution in [0.25, 0.3) is 6.08 Å². The smallest absolute Gasteiger partial charge is 0.248 e. The predicted molar refractivity (Wildman–Crippen MR) is 104 cm³/mol. The minimum atomic E-state index is -0.284. The fourth-order valence-electron chi connectivity index (χ4n) is 2.84. The Hall–Kier alpha value is -2.79. The Morgan fingerprint density at radius 1 is 1.27 bits per heavy atom. The summed E-state index contributed by atoms with van der Waals surface area (Å²) in [6.07, 6.45) is 4.43. The Morgan fingerprint density at radius 3 is 2.77 bits per heavy atom. The molecule has 1 heterocycles. The number of hydrogen-bond acceptors (Lipinski definition) is 3. The first-order chi connectivity index (χ1) is 12.6. The van der Waals surface area contributed by atoms with E-state index in [0.717, 1.165) is 12.0 Å². The highest BCUT2D eigenvalue weighted by Gasteiger charge is 2.24. The molecule has 0 aliphatic carbocycles. The van der Waals surface area contributed by atoms with Crippen molar-refractivity contribution in [3.63, 3.8) is 0 Å². The maximum absolute atomic E-state index is 12.2. The molecule has 1 fully saturated rings. The summed E-state index contributed by atoms with van der Waals surface area (Å²) in [7, 11) is 1.56. The number of carbonyl (C=O) groups is 2. The van der Waals surface area contributed by atoms with Gasteiger partial charge in [0.1, 0.15) is 5.75 Å². The van der Waals surface area contributed by atoms with Crippen LogP contribution in [0.2, 0.25) is 5.02 Å². The molecule has 2 aromatic rings. The summed E-state index contributed by atoms with van der Waals surface area (Å²) in [6.45, 7) is 0.652. The molecule has 134 valence electrons. The van der Waals surface area contributed by atoms with Gasteiger partial charge in [-0.3, -0.25) is 9.59 Å². The summed E-state index contributed by atoms with van der Waals surface area (Å²) in [6, 6.07) is 12.5. The van der Waals surface area contributed by atoms with Crippen molar-refractivity contribution in [2.75, 3.05) is 23.9 Å². The van der Waals surface area contributed by atoms with Crippen LogP contribution in [0.15, 0.2) is 48.5 Å². The maximum Gasteiger partial charge on any atom is 0.248 e. The van der Waals surface area contributed by atoms with Gasteiger partial charge in [-0.05, 0) is 42.3 Å². The Bertz CT molecular complexity index is 864. The van der Waals surface area contributed by atoms with Gasteiger partial charge in [-0.25, -0.2) is 0 Å². The van der Waals surface area contributed by atoms with Gasteiger partial charge in [-0.2, -0.15) is 0 Å². The fraction of sp³-hybridized carbons (Fsp3) is 0.200. The molecule has 1 saturated heterocycles. The standard InChI is InChI=1S/C20H19ClN2O3/c1-26-18-10-9-15(13-17(18)23-12-4-7-20(23)25)22-19(24)11-8-14-5-2-3-6-16(14)21/h2-3,5-6,8-11,13H,4,7,12H2,1H3,(H,22,24)/b11-8+. The number of anilines is 2. The highest BCUT2D eigenvalue weighted by molar-refractivity contribution is 6.32. The Kier molecular flexibility index (Phi) is 5.58. The number of rotatable bonds is 5. The molecule has 0 spiro atoms. The van der Waals surface area contributed by atoms with Crippen LogP contribution in [-0.2, 0) is 9.59 Å². The normalized spacial score (nSPS) is 14.1. The lowest BCUT2D eigenvalue weighted by Crippen LogP contribution is -2.24. The van der Waals surface area contributed by atoms with Crippen molar-refractivity contribution in [3.05, 3.63) is 59.1 Å². The molecule has 1 aliphatic rings. The summed E-state index contributed by atoms with van der Waals surface area (Å²) in [4.78, 5) is 25.9. The molecule has 5 nitrogen and oxygen atoms in total. The molecule has 1 N–H and O–H groups in total. The third kappa shape index (κ3) is 4.06. The van der Waals surface area contributed by atoms with Gasteiger partial charge in [0.2, 0.25) is 11.8 Å². The molecule has 26 heavy (non-hydrogen) atoms. The highest BCUT2D eigenvalue weighted by atomic mass is 35.5. The lowest BCUT2D eigenvalue weighted by atomic mass is 10.2. The first-order valence-electron chi connectivity index (χ1n) is 8.30. The minimum Gasteiger partial charge on any atom is -0.495 e. The highest BCUT2D eigenvalue weighted by Crippen LogP contribution is 2.34. The molecule has 2 aromatic carbocycles. The number of nitrogens with one attached hydrogen (secondary N) is 1. The number of ether oxygens (including phenoxy) is 1. The molecular weight excluding hydrogens is 352 g/mol. The Morgan fingerprint density at radius 2 is 2.08 bits per heavy atom. The van der Waals surface area contributed by atoms with Gasteiger partial charge in [0.15, 0.2) is 0 Å². The van der Waals surface area contributed by atoms with Gasteiger partial charge in [0.25, 0.3) is 0 Å². The maximum atomic E-state index is 12.2. The van der Waals surface area contributed by atoms with E-state index in [1.807, 2.05) is 18.2 Å². The van der Waals surface area contributed by atoms with E-state index in [1.54, 1.807) is 42.4 Å². The molecule has 0 radical (unpaired) electrons. The molecule has 6 heteroatoms. The van der Waals surface area contributed by atoms with E-state index in [2.05, 4.69) is 5.32 Å². The van der Waals surface area contributed by atoms with E-state index in [9.17, 15) is 9.59 Å². The van der Waals surface area contributed by atoms with Gasteiger partial charge in [-0.15, -0.1) is 0 Å². The van der Waals surface area contributed by atoms with E-state index < -0.39 is 0 Å². The average Bonchev–Trinajstić information content (AvgIpc) is 3.07. The topological polar surface area (TPSA) is 58.6 Å². The van der Waals surface area contributed by atoms with E-state index in [0.29, 0.717) is 35.1 Å². The van der Waals surface area contributed by atoms with Gasteiger partial charge < -0.3 is 15.0 Å². The summed E-state index contributed by atoms with van der Waals surface area (Å²) in [5.74, 6) is 0.379. The summed E-state index contributed by atoms with van der Waals surface area (Å²) in [5.41, 5.74) is 2.03. The second kappa shape index (κ2) is 8.06. The molecule has 0 saturated carbocycles. The molecule has 3 rings (SSSR count). The summed E-state index contributed by atoms with van der Waals surface area (Å²) in [5, 5.41) is 3.38. The number of carbonyl (C=O) groups excluding carboxylic acids is 2. The number of halogens is 1. The largest absolute Gasteiger partial charge is 0.495 e. The van der Waals surface area contributed by atoms with E-state index in [1.165, 1.54) is 6.08 Å². The summed E-state index contributed by atoms with van der Waals surface area (Å²) >= 11 is 6.07. The molecule has 0 unspecified atom stereocenters. The van der Waals surface area contributed by atoms with Crippen molar-refractivity contribution in [2.45, 2.75) is 12.8 Å². The molecule has 0 aromatic heterocycles. The first-order valence-corrected chi connectivity index (χ1v) is 8.68. The van der Waals surface area contributed by atoms with Crippen molar-refractivity contribution in [3.8, 4) is 5.75 Å². The van der Waals surface area contributed by atoms with Crippen molar-refractivity contribution in [2.24, 2.45) is 0 Å². The van der Waals surface area contributed by atoms with Gasteiger partial charge >= 0.3 is 0 Å². The zero-order chi connectivity index (χ0) is 18.5. The number of hydrogen-bond donors (Lipinski definition) is 1. The van der Waals surface area contributed by atoms with Crippen molar-refractivity contribution in [1.82, 2.24) is 0 Å². The predicted octanol–water partition coefficient (Wildman–Crippen LogP) is 4.13. The van der Waals surface area contributed by atoms with Crippen molar-refractivity contribution < 1.29 is 14.3 Å². The second-order valence-electron chi connectivity index (χ2n) is 5.88. The lowest BCUT2D eigenvalue weighted by Gasteiger charge is -2.20. The average molecular weight is 371 g/mol. The van der Waals surface area contributed by atoms with Gasteiger partial charge in [0.05, 0.1) is 12.8 Å². The van der Waals surface area contributed by atoms with Crippen LogP contribution in [0, 0.1) is 0 Å². The van der Waals surface area contributed by atoms with Crippen LogP contribution in [0.4, 0.5) is 11.4 Å². The van der Waals surface area contributed by atoms with Crippen molar-refractivity contribution in [1.29, 1.82) is 0 Å². The monoisotopic (exact) mass is 370 g/mol. The molecule has 1 aliphatic heterocycles. The number of nitrogens with zero attached hydrogens (tertiary/aromatic N) is 1. The third-order valence-corrected chi connectivity index (χ3v) is 4.47. The lowest BCUT2D eigenvalue weighted by molar-refractivity contribution is -0.117. The molecule has 0 atom stereocenters. The van der Waals surface area contributed by atoms with Crippen molar-refractivity contribution >= 4 is 40.9 Å². The van der Waals surface area contributed by atoms with E-state index >= 15 is 0 Å². The van der Waals surface area contributed by atoms with Gasteiger partial charge in [0, 0.05) is 29.8 Å². The number of amides is 2. The van der Waals surface area contributed by atoms with Crippen LogP contribution < -0.4 is 15.0 Å². The SMILES string of the molecule is COc1ccc(NC(=O)/C=C/c2ccccc2Cl)cc1N1CCCC1=O. The molecule has 2 amide bonds. The van der Waals surface area contributed by atoms with Crippen LogP contribution in [0.5, 0.6) is 5.75 Å². The first kappa shape index (κ1) is 18.0. The minimum absolute atomic E-state index is 0.0605. The quantitative estimate of drug-likeness (QED) is 0.805. The van der Waals surface area contributed by atoms with Crippen LogP contribution >= 0.6 is 11.6 Å². The zero-order valence-electron chi connectivity index (χ0n) is 14.4. The third-order valence-electron chi connectivity index (χ3n) is 4.13. The molecular formula is C20H19ClN2O3. The van der Waals surface area contributed by atoms with Crippen LogP contribution in [0.3, 0.4) is 0 Å². The van der Waals surface area contributed by atoms with E-state index in [4.69, 9.17) is 16.3 Å². The fourth-order valence-corrected chi connectivity index (χ4v) is 3.04. The Balaban J connectivity index is 1.76.